The molecule has 4 fully saturated rings. The Morgan fingerprint density at radius 2 is 1.00 bits per heavy atom. The first-order valence-corrected chi connectivity index (χ1v) is 24.8. The van der Waals surface area contributed by atoms with Crippen molar-refractivity contribution in [3.63, 3.8) is 0 Å². The quantitative estimate of drug-likeness (QED) is 0.133. The molecule has 5 rings (SSSR count). The second kappa shape index (κ2) is 14.2. The van der Waals surface area contributed by atoms with Crippen LogP contribution in [0.4, 0.5) is 0 Å². The predicted octanol–water partition coefficient (Wildman–Crippen LogP) is 12.2. The standard InChI is InChI=1S/C42H73O5PS/c1-11-15-23-48(24-16-12-2,25-17-13-3,26-18-14-4)47-49(43,44)36-28-34(45-41-30-32(5)19-21-37(41)39(41,7)8)27-35(29-36)46-42-31-33(6)20-22-38(42)40(42,9)10/h27-29,32-33,37-38H,11-26,30-31H2,1-10H3. The van der Waals surface area contributed by atoms with Crippen LogP contribution in [-0.2, 0) is 14.1 Å². The van der Waals surface area contributed by atoms with Crippen molar-refractivity contribution in [3.05, 3.63) is 18.2 Å². The van der Waals surface area contributed by atoms with Gasteiger partial charge in [0, 0.05) is 0 Å². The molecule has 5 nitrogen and oxygen atoms in total. The number of unbranched alkanes of at least 4 members (excludes halogenated alkanes) is 4. The van der Waals surface area contributed by atoms with Crippen LogP contribution in [0.2, 0.25) is 0 Å². The first kappa shape index (κ1) is 39.4. The third kappa shape index (κ3) is 7.13. The molecule has 1 aromatic rings. The molecule has 0 N–H and O–H groups in total. The Balaban J connectivity index is 1.60. The summed E-state index contributed by atoms with van der Waals surface area (Å²) in [5, 5.41) is 0. The third-order valence-corrected chi connectivity index (χ3v) is 23.5. The van der Waals surface area contributed by atoms with Crippen LogP contribution >= 0.6 is 6.83 Å². The maximum absolute atomic E-state index is 15.0. The second-order valence-electron chi connectivity index (χ2n) is 18.6. The molecule has 0 aliphatic heterocycles. The zero-order valence-electron chi connectivity index (χ0n) is 33.2. The van der Waals surface area contributed by atoms with Gasteiger partial charge in [0.2, 0.25) is 0 Å². The van der Waals surface area contributed by atoms with Crippen molar-refractivity contribution in [2.75, 3.05) is 24.6 Å². The SMILES string of the molecule is CCCCP(CCCC)(CCCC)(CCCC)OS(=O)(=O)c1cc(OC23CC(C)CCC2C3(C)C)cc(OC23CC(C)CCC2C3(C)C)c1. The van der Waals surface area contributed by atoms with Crippen LogP contribution in [0.5, 0.6) is 11.5 Å². The van der Waals surface area contributed by atoms with Gasteiger partial charge in [-0.25, -0.2) is 0 Å². The average molecular weight is 721 g/mol. The van der Waals surface area contributed by atoms with Crippen LogP contribution in [-0.4, -0.2) is 44.3 Å². The zero-order chi connectivity index (χ0) is 36.0. The summed E-state index contributed by atoms with van der Waals surface area (Å²) in [7, 11) is -4.12. The summed E-state index contributed by atoms with van der Waals surface area (Å²) in [6.45, 7) is 19.8. The first-order valence-electron chi connectivity index (χ1n) is 20.5. The van der Waals surface area contributed by atoms with Crippen molar-refractivity contribution in [3.8, 4) is 11.5 Å². The summed E-state index contributed by atoms with van der Waals surface area (Å²) in [4.78, 5) is 0.223. The molecule has 6 unspecified atom stereocenters. The van der Waals surface area contributed by atoms with Gasteiger partial charge in [-0.1, -0.05) is 0 Å². The van der Waals surface area contributed by atoms with Crippen molar-refractivity contribution < 1.29 is 21.9 Å². The van der Waals surface area contributed by atoms with Crippen LogP contribution in [0.25, 0.3) is 0 Å². The van der Waals surface area contributed by atoms with E-state index in [1.165, 1.54) is 12.8 Å². The van der Waals surface area contributed by atoms with Gasteiger partial charge in [0.25, 0.3) is 0 Å². The Bertz CT molecular complexity index is 1310. The maximum atomic E-state index is 15.0. The Hall–Kier alpha value is -0.840. The van der Waals surface area contributed by atoms with E-state index in [1.807, 2.05) is 6.07 Å². The number of rotatable bonds is 19. The fourth-order valence-corrected chi connectivity index (χ4v) is 21.2. The van der Waals surface area contributed by atoms with Gasteiger partial charge < -0.3 is 0 Å². The molecule has 0 aromatic heterocycles. The molecule has 282 valence electrons. The van der Waals surface area contributed by atoms with Gasteiger partial charge >= 0.3 is 303 Å². The minimum absolute atomic E-state index is 0.0531. The van der Waals surface area contributed by atoms with Crippen molar-refractivity contribution in [1.29, 1.82) is 0 Å². The molecule has 0 heterocycles. The molecule has 7 heteroatoms. The molecule has 0 saturated heterocycles. The molecule has 0 spiro atoms. The van der Waals surface area contributed by atoms with Gasteiger partial charge in [-0.3, -0.25) is 0 Å². The average Bonchev–Trinajstić information content (AvgIpc) is 3.73. The van der Waals surface area contributed by atoms with E-state index >= 15 is 8.42 Å². The van der Waals surface area contributed by atoms with Gasteiger partial charge in [-0.15, -0.1) is 0 Å². The van der Waals surface area contributed by atoms with E-state index in [9.17, 15) is 0 Å². The predicted molar refractivity (Wildman–Crippen MR) is 208 cm³/mol. The van der Waals surface area contributed by atoms with Crippen LogP contribution in [0.1, 0.15) is 159 Å². The first-order chi connectivity index (χ1) is 23.0. The van der Waals surface area contributed by atoms with E-state index in [0.29, 0.717) is 35.2 Å². The number of benzene rings is 1. The van der Waals surface area contributed by atoms with Crippen molar-refractivity contribution in [2.45, 2.75) is 175 Å². The summed E-state index contributed by atoms with van der Waals surface area (Å²) in [6, 6.07) is 5.60. The van der Waals surface area contributed by atoms with Crippen LogP contribution in [0.3, 0.4) is 0 Å². The number of hydrogen-bond acceptors (Lipinski definition) is 5. The molecule has 4 aliphatic carbocycles. The Labute approximate surface area is 301 Å². The molecule has 1 aromatic carbocycles. The molecule has 0 radical (unpaired) electrons. The van der Waals surface area contributed by atoms with Crippen molar-refractivity contribution in [2.24, 2.45) is 34.5 Å². The molecular formula is C42H73O5PS. The minimum atomic E-state index is -4.12. The Morgan fingerprint density at radius 3 is 1.35 bits per heavy atom. The molecule has 4 aliphatic rings. The summed E-state index contributed by atoms with van der Waals surface area (Å²) >= 11 is 0. The van der Waals surface area contributed by atoms with Crippen LogP contribution in [0, 0.1) is 34.5 Å². The van der Waals surface area contributed by atoms with Crippen molar-refractivity contribution in [1.82, 2.24) is 0 Å². The topological polar surface area (TPSA) is 61.8 Å². The normalized spacial score (nSPS) is 32.3. The summed E-state index contributed by atoms with van der Waals surface area (Å²) < 4.78 is 51.4. The molecule has 0 amide bonds. The van der Waals surface area contributed by atoms with E-state index in [0.717, 1.165) is 102 Å². The van der Waals surface area contributed by atoms with Gasteiger partial charge in [0.1, 0.15) is 0 Å². The summed E-state index contributed by atoms with van der Waals surface area (Å²) in [5.74, 6) is 3.39. The number of fused-ring (bicyclic) bond motifs is 2. The van der Waals surface area contributed by atoms with E-state index in [-0.39, 0.29) is 26.9 Å². The molecular weight excluding hydrogens is 647 g/mol. The number of hydrogen-bond donors (Lipinski definition) is 0. The zero-order valence-corrected chi connectivity index (χ0v) is 34.9. The van der Waals surface area contributed by atoms with Crippen molar-refractivity contribution >= 4 is 16.9 Å². The third-order valence-electron chi connectivity index (χ3n) is 14.4. The fourth-order valence-electron chi connectivity index (χ4n) is 11.1. The monoisotopic (exact) mass is 720 g/mol. The van der Waals surface area contributed by atoms with Gasteiger partial charge in [-0.05, 0) is 0 Å². The molecule has 6 atom stereocenters. The van der Waals surface area contributed by atoms with E-state index in [2.05, 4.69) is 69.2 Å². The summed E-state index contributed by atoms with van der Waals surface area (Å²) in [5.41, 5.74) is -0.434. The van der Waals surface area contributed by atoms with Crippen LogP contribution < -0.4 is 9.47 Å². The second-order valence-corrected chi connectivity index (χ2v) is 26.1. The van der Waals surface area contributed by atoms with Gasteiger partial charge in [0.15, 0.2) is 0 Å². The summed E-state index contributed by atoms with van der Waals surface area (Å²) in [6.07, 6.45) is 18.6. The Morgan fingerprint density at radius 1 is 0.633 bits per heavy atom. The van der Waals surface area contributed by atoms with E-state index in [1.54, 1.807) is 12.1 Å². The molecule has 49 heavy (non-hydrogen) atoms. The molecule has 0 bridgehead atoms. The van der Waals surface area contributed by atoms with Crippen LogP contribution in [0.15, 0.2) is 23.1 Å². The Kier molecular flexibility index (Phi) is 11.4. The number of ether oxygens (including phenoxy) is 2. The molecule has 4 saturated carbocycles. The fraction of sp³-hybridized carbons (Fsp3) is 0.857. The van der Waals surface area contributed by atoms with E-state index < -0.39 is 16.9 Å². The van der Waals surface area contributed by atoms with Gasteiger partial charge in [-0.2, -0.15) is 0 Å². The van der Waals surface area contributed by atoms with Gasteiger partial charge in [0.05, 0.1) is 0 Å². The van der Waals surface area contributed by atoms with E-state index in [4.69, 9.17) is 13.4 Å².